The Hall–Kier alpha value is -5.80. The quantitative estimate of drug-likeness (QED) is 0.159. The van der Waals surface area contributed by atoms with Crippen LogP contribution in [0.2, 0.25) is 0 Å². The van der Waals surface area contributed by atoms with Crippen molar-refractivity contribution in [3.05, 3.63) is 184 Å². The molecule has 0 radical (unpaired) electrons. The molecule has 0 amide bonds. The maximum absolute atomic E-state index is 2.71. The summed E-state index contributed by atoms with van der Waals surface area (Å²) < 4.78 is 0. The lowest BCUT2D eigenvalue weighted by atomic mass is 9.33. The Morgan fingerprint density at radius 1 is 0.397 bits per heavy atom. The number of fused-ring (bicyclic) bond motifs is 6. The number of benzene rings is 7. The van der Waals surface area contributed by atoms with Crippen LogP contribution < -0.4 is 26.2 Å². The van der Waals surface area contributed by atoms with E-state index in [1.54, 1.807) is 0 Å². The molecule has 2 aliphatic heterocycles. The maximum Gasteiger partial charge on any atom is 0.252 e. The maximum atomic E-state index is 2.71. The third kappa shape index (κ3) is 7.96. The molecule has 2 nitrogen and oxygen atoms in total. The molecule has 2 heterocycles. The monoisotopic (exact) mass is 961 g/mol. The zero-order chi connectivity index (χ0) is 52.2. The van der Waals surface area contributed by atoms with Gasteiger partial charge in [-0.05, 0) is 186 Å². The van der Waals surface area contributed by atoms with Gasteiger partial charge >= 0.3 is 0 Å². The van der Waals surface area contributed by atoms with E-state index in [9.17, 15) is 0 Å². The van der Waals surface area contributed by atoms with Crippen LogP contribution in [0.15, 0.2) is 133 Å². The van der Waals surface area contributed by atoms with Gasteiger partial charge < -0.3 is 9.80 Å². The first-order chi connectivity index (χ1) is 34.1. The van der Waals surface area contributed by atoms with Gasteiger partial charge in [0, 0.05) is 39.4 Å². The average molecular weight is 961 g/mol. The summed E-state index contributed by atoms with van der Waals surface area (Å²) >= 11 is 0. The van der Waals surface area contributed by atoms with Gasteiger partial charge in [0.05, 0.1) is 5.69 Å². The molecular weight excluding hydrogens is 880 g/mol. The Bertz CT molecular complexity index is 3360. The molecule has 7 aromatic carbocycles. The van der Waals surface area contributed by atoms with Crippen molar-refractivity contribution in [1.29, 1.82) is 0 Å². The molecule has 0 N–H and O–H groups in total. The molecule has 11 rings (SSSR count). The lowest BCUT2D eigenvalue weighted by Gasteiger charge is -2.48. The molecule has 2 aliphatic carbocycles. The Labute approximate surface area is 440 Å². The molecule has 73 heavy (non-hydrogen) atoms. The molecule has 0 saturated carbocycles. The minimum atomic E-state index is -0.245. The Morgan fingerprint density at radius 3 is 1.56 bits per heavy atom. The van der Waals surface area contributed by atoms with Gasteiger partial charge in [0.25, 0.3) is 6.71 Å². The predicted octanol–water partition coefficient (Wildman–Crippen LogP) is 17.4. The van der Waals surface area contributed by atoms with Gasteiger partial charge in [-0.25, -0.2) is 0 Å². The van der Waals surface area contributed by atoms with Crippen LogP contribution in [-0.2, 0) is 37.9 Å². The zero-order valence-electron chi connectivity index (χ0n) is 47.5. The van der Waals surface area contributed by atoms with E-state index >= 15 is 0 Å². The molecule has 0 unspecified atom stereocenters. The standard InChI is InChI=1S/C70H81BN2/c1-44-36-61-63-62(37-44)73(58-31-27-48(65(5,6)7)39-51(58)45-22-21-25-47(38-45)64(2,3)4)59-40-49(70(16,17)46-23-19-18-20-24-46)26-30-56(59)71(63)57-42-54-55(69(14,15)35-34-68(54,12)13)43-60(57)72(61)50-28-29-52-53(41-50)67(10,11)33-32-66(52,8)9/h18-31,36-43H,32-35H2,1-17H3. The van der Waals surface area contributed by atoms with Gasteiger partial charge in [-0.2, -0.15) is 0 Å². The van der Waals surface area contributed by atoms with E-state index in [1.165, 1.54) is 137 Å². The van der Waals surface area contributed by atoms with E-state index in [0.717, 1.165) is 0 Å². The highest BCUT2D eigenvalue weighted by Crippen LogP contribution is 2.54. The van der Waals surface area contributed by atoms with Crippen LogP contribution in [-0.4, -0.2) is 6.71 Å². The summed E-state index contributed by atoms with van der Waals surface area (Å²) in [6.45, 7) is 41.0. The third-order valence-corrected chi connectivity index (χ3v) is 18.6. The van der Waals surface area contributed by atoms with Crippen molar-refractivity contribution in [1.82, 2.24) is 0 Å². The highest BCUT2D eigenvalue weighted by atomic mass is 15.2. The fraction of sp³-hybridized carbons (Fsp3) is 0.400. The number of rotatable bonds is 5. The molecule has 0 atom stereocenters. The Balaban J connectivity index is 1.27. The van der Waals surface area contributed by atoms with Crippen LogP contribution in [0, 0.1) is 6.92 Å². The van der Waals surface area contributed by atoms with E-state index in [4.69, 9.17) is 0 Å². The highest BCUT2D eigenvalue weighted by Gasteiger charge is 2.48. The second-order valence-corrected chi connectivity index (χ2v) is 28.1. The van der Waals surface area contributed by atoms with Gasteiger partial charge in [-0.15, -0.1) is 0 Å². The number of aryl methyl sites for hydroxylation is 1. The van der Waals surface area contributed by atoms with Crippen LogP contribution in [0.1, 0.15) is 187 Å². The van der Waals surface area contributed by atoms with Crippen molar-refractivity contribution in [2.75, 3.05) is 9.80 Å². The summed E-state index contributed by atoms with van der Waals surface area (Å²) in [5.41, 5.74) is 26.9. The minimum Gasteiger partial charge on any atom is -0.311 e. The first-order valence-electron chi connectivity index (χ1n) is 27.6. The van der Waals surface area contributed by atoms with E-state index in [-0.39, 0.29) is 44.6 Å². The topological polar surface area (TPSA) is 6.48 Å². The summed E-state index contributed by atoms with van der Waals surface area (Å²) in [5, 5.41) is 0. The summed E-state index contributed by atoms with van der Waals surface area (Å²) in [4.78, 5) is 5.40. The summed E-state index contributed by atoms with van der Waals surface area (Å²) in [7, 11) is 0. The van der Waals surface area contributed by atoms with Crippen molar-refractivity contribution in [3.63, 3.8) is 0 Å². The van der Waals surface area contributed by atoms with Crippen LogP contribution in [0.4, 0.5) is 34.1 Å². The third-order valence-electron chi connectivity index (χ3n) is 18.6. The average Bonchev–Trinajstić information content (AvgIpc) is 3.33. The summed E-state index contributed by atoms with van der Waals surface area (Å²) in [5.74, 6) is 0. The summed E-state index contributed by atoms with van der Waals surface area (Å²) in [6, 6.07) is 53.4. The minimum absolute atomic E-state index is 0.00222. The van der Waals surface area contributed by atoms with Gasteiger partial charge in [-0.3, -0.25) is 0 Å². The van der Waals surface area contributed by atoms with E-state index in [1.807, 2.05) is 0 Å². The molecule has 0 spiro atoms. The Morgan fingerprint density at radius 2 is 0.932 bits per heavy atom. The number of anilines is 6. The zero-order valence-corrected chi connectivity index (χ0v) is 47.5. The largest absolute Gasteiger partial charge is 0.311 e. The predicted molar refractivity (Wildman–Crippen MR) is 317 cm³/mol. The van der Waals surface area contributed by atoms with Gasteiger partial charge in [0.2, 0.25) is 0 Å². The second-order valence-electron chi connectivity index (χ2n) is 28.1. The normalized spacial score (nSPS) is 18.1. The van der Waals surface area contributed by atoms with E-state index in [0.29, 0.717) is 0 Å². The van der Waals surface area contributed by atoms with E-state index in [2.05, 4.69) is 261 Å². The van der Waals surface area contributed by atoms with Crippen molar-refractivity contribution in [2.24, 2.45) is 0 Å². The molecule has 374 valence electrons. The van der Waals surface area contributed by atoms with Crippen LogP contribution in [0.3, 0.4) is 0 Å². The molecule has 4 aliphatic rings. The van der Waals surface area contributed by atoms with Gasteiger partial charge in [0.1, 0.15) is 0 Å². The van der Waals surface area contributed by atoms with Gasteiger partial charge in [-0.1, -0.05) is 196 Å². The molecule has 3 heteroatoms. The highest BCUT2D eigenvalue weighted by molar-refractivity contribution is 7.00. The lowest BCUT2D eigenvalue weighted by molar-refractivity contribution is 0.332. The second kappa shape index (κ2) is 16.4. The van der Waals surface area contributed by atoms with E-state index < -0.39 is 0 Å². The van der Waals surface area contributed by atoms with Crippen LogP contribution in [0.5, 0.6) is 0 Å². The van der Waals surface area contributed by atoms with Crippen molar-refractivity contribution < 1.29 is 0 Å². The lowest BCUT2D eigenvalue weighted by Crippen LogP contribution is -2.62. The summed E-state index contributed by atoms with van der Waals surface area (Å²) in [6.07, 6.45) is 4.71. The fourth-order valence-electron chi connectivity index (χ4n) is 13.4. The van der Waals surface area contributed by atoms with Gasteiger partial charge in [0.15, 0.2) is 0 Å². The molecule has 0 aromatic heterocycles. The SMILES string of the molecule is Cc1cc2c3c(c1)N(c1ccc(C(C)(C)C)cc1-c1cccc(C(C)(C)C)c1)c1cc(C(C)(C)c4ccccc4)ccc1B3c1cc3c(cc1N2c1ccc2c(c1)C(C)(C)CCC2(C)C)C(C)(C)CCC3(C)C. The fourth-order valence-corrected chi connectivity index (χ4v) is 13.4. The smallest absolute Gasteiger partial charge is 0.252 e. The van der Waals surface area contributed by atoms with Crippen molar-refractivity contribution in [3.8, 4) is 11.1 Å². The molecule has 0 saturated heterocycles. The first-order valence-corrected chi connectivity index (χ1v) is 27.6. The van der Waals surface area contributed by atoms with Crippen molar-refractivity contribution >= 4 is 57.2 Å². The van der Waals surface area contributed by atoms with Crippen LogP contribution in [0.25, 0.3) is 11.1 Å². The molecular formula is C70H81BN2. The number of nitrogens with zero attached hydrogens (tertiary/aromatic N) is 2. The molecule has 7 aromatic rings. The van der Waals surface area contributed by atoms with Crippen LogP contribution >= 0.6 is 0 Å². The molecule has 0 fully saturated rings. The Kier molecular flexibility index (Phi) is 11.1. The van der Waals surface area contributed by atoms with Crippen molar-refractivity contribution in [2.45, 2.75) is 181 Å². The number of hydrogen-bond donors (Lipinski definition) is 0. The molecule has 0 bridgehead atoms. The number of hydrogen-bond acceptors (Lipinski definition) is 2. The first kappa shape index (κ1) is 49.4.